The lowest BCUT2D eigenvalue weighted by Crippen LogP contribution is -2.32. The van der Waals surface area contributed by atoms with E-state index in [1.165, 1.54) is 0 Å². The number of nitro groups is 1. The van der Waals surface area contributed by atoms with E-state index in [9.17, 15) is 28.1 Å². The average Bonchev–Trinajstić information content (AvgIpc) is 3.17. The largest absolute Gasteiger partial charge is 0.416 e. The van der Waals surface area contributed by atoms with Crippen molar-refractivity contribution >= 4 is 28.9 Å². The van der Waals surface area contributed by atoms with Gasteiger partial charge in [0, 0.05) is 43.5 Å². The normalized spacial score (nSPS) is 12.3. The van der Waals surface area contributed by atoms with Crippen molar-refractivity contribution in [1.29, 1.82) is 0 Å². The van der Waals surface area contributed by atoms with E-state index >= 15 is 0 Å². The Bertz CT molecular complexity index is 1150. The summed E-state index contributed by atoms with van der Waals surface area (Å²) in [5.74, 6) is 0.192. The summed E-state index contributed by atoms with van der Waals surface area (Å²) in [5, 5.41) is 17.2. The molecule has 1 aromatic heterocycles. The van der Waals surface area contributed by atoms with Crippen LogP contribution < -0.4 is 10.6 Å². The lowest BCUT2D eigenvalue weighted by molar-refractivity contribution is -0.384. The lowest BCUT2D eigenvalue weighted by atomic mass is 10.1. The highest BCUT2D eigenvalue weighted by Crippen LogP contribution is 2.35. The number of nitrogens with zero attached hydrogens (tertiary/aromatic N) is 3. The maximum atomic E-state index is 12.8. The van der Waals surface area contributed by atoms with Crippen LogP contribution in [0.5, 0.6) is 0 Å². The fourth-order valence-electron chi connectivity index (χ4n) is 3.16. The molecule has 0 aliphatic rings. The number of hydrogen-bond acceptors (Lipinski definition) is 5. The summed E-state index contributed by atoms with van der Waals surface area (Å²) in [6.07, 6.45) is -1.47. The number of carbonyl (C=O) groups excluding carboxylic acids is 1. The van der Waals surface area contributed by atoms with E-state index in [-0.39, 0.29) is 24.6 Å². The number of halogens is 4. The number of benzene rings is 2. The molecule has 0 bridgehead atoms. The van der Waals surface area contributed by atoms with Gasteiger partial charge in [0.05, 0.1) is 10.5 Å². The highest BCUT2D eigenvalue weighted by Gasteiger charge is 2.33. The number of alkyl halides is 3. The van der Waals surface area contributed by atoms with Crippen molar-refractivity contribution in [3.63, 3.8) is 0 Å². The minimum absolute atomic E-state index is 0.0358. The minimum Gasteiger partial charge on any atom is -0.379 e. The zero-order valence-electron chi connectivity index (χ0n) is 17.3. The fourth-order valence-corrected chi connectivity index (χ4v) is 3.29. The van der Waals surface area contributed by atoms with Gasteiger partial charge in [0.1, 0.15) is 17.6 Å². The Kier molecular flexibility index (Phi) is 7.22. The smallest absolute Gasteiger partial charge is 0.379 e. The fraction of sp³-hybridized carbons (Fsp3) is 0.238. The highest BCUT2D eigenvalue weighted by atomic mass is 35.5. The number of amides is 1. The van der Waals surface area contributed by atoms with Gasteiger partial charge in [0.15, 0.2) is 0 Å². The summed E-state index contributed by atoms with van der Waals surface area (Å²) in [6, 6.07) is 8.48. The standard InChI is InChI=1S/C21H19ClF3N5O3/c1-29-11-10-27-20(29)19(13-2-5-15(22)6-3-13)28-18(31)8-9-26-16-7-4-14(21(23,24)25)12-17(16)30(32)33/h2-7,10-12,19,26H,8-9H2,1H3,(H,28,31). The Morgan fingerprint density at radius 3 is 2.52 bits per heavy atom. The minimum atomic E-state index is -4.70. The molecule has 1 amide bonds. The number of hydrogen-bond donors (Lipinski definition) is 2. The molecule has 3 rings (SSSR count). The lowest BCUT2D eigenvalue weighted by Gasteiger charge is -2.19. The van der Waals surface area contributed by atoms with Gasteiger partial charge in [-0.3, -0.25) is 14.9 Å². The van der Waals surface area contributed by atoms with Crippen LogP contribution in [0, 0.1) is 10.1 Å². The molecule has 1 heterocycles. The molecular formula is C21H19ClF3N5O3. The Morgan fingerprint density at radius 2 is 1.94 bits per heavy atom. The van der Waals surface area contributed by atoms with Crippen LogP contribution in [0.15, 0.2) is 54.9 Å². The van der Waals surface area contributed by atoms with Crippen LogP contribution in [-0.4, -0.2) is 26.9 Å². The van der Waals surface area contributed by atoms with Crippen molar-refractivity contribution in [2.75, 3.05) is 11.9 Å². The van der Waals surface area contributed by atoms with Gasteiger partial charge in [-0.25, -0.2) is 4.98 Å². The maximum Gasteiger partial charge on any atom is 0.416 e. The van der Waals surface area contributed by atoms with Gasteiger partial charge in [-0.05, 0) is 29.8 Å². The number of rotatable bonds is 8. The second-order valence-electron chi connectivity index (χ2n) is 7.11. The summed E-state index contributed by atoms with van der Waals surface area (Å²) in [6.45, 7) is -0.0358. The monoisotopic (exact) mass is 481 g/mol. The number of carbonyl (C=O) groups is 1. The molecule has 1 atom stereocenters. The van der Waals surface area contributed by atoms with Crippen molar-refractivity contribution in [1.82, 2.24) is 14.9 Å². The van der Waals surface area contributed by atoms with Crippen LogP contribution in [0.1, 0.15) is 29.4 Å². The van der Waals surface area contributed by atoms with Gasteiger partial charge in [-0.15, -0.1) is 0 Å². The number of imidazole rings is 1. The molecule has 0 radical (unpaired) electrons. The van der Waals surface area contributed by atoms with E-state index in [1.54, 1.807) is 48.3 Å². The first kappa shape index (κ1) is 24.1. The maximum absolute atomic E-state index is 12.8. The summed E-state index contributed by atoms with van der Waals surface area (Å²) in [5.41, 5.74) is -1.22. The van der Waals surface area contributed by atoms with Gasteiger partial charge >= 0.3 is 6.18 Å². The molecule has 12 heteroatoms. The summed E-state index contributed by atoms with van der Waals surface area (Å²) in [4.78, 5) is 27.2. The molecular weight excluding hydrogens is 463 g/mol. The third-order valence-electron chi connectivity index (χ3n) is 4.81. The van der Waals surface area contributed by atoms with Crippen LogP contribution in [-0.2, 0) is 18.0 Å². The molecule has 2 aromatic carbocycles. The molecule has 33 heavy (non-hydrogen) atoms. The predicted octanol–water partition coefficient (Wildman–Crippen LogP) is 4.71. The number of aryl methyl sites for hydroxylation is 1. The van der Waals surface area contributed by atoms with E-state index in [0.717, 1.165) is 17.7 Å². The zero-order valence-corrected chi connectivity index (χ0v) is 18.0. The van der Waals surface area contributed by atoms with Crippen LogP contribution >= 0.6 is 11.6 Å². The van der Waals surface area contributed by atoms with Gasteiger partial charge in [0.25, 0.3) is 5.69 Å². The number of aromatic nitrogens is 2. The van der Waals surface area contributed by atoms with E-state index in [4.69, 9.17) is 11.6 Å². The van der Waals surface area contributed by atoms with E-state index < -0.39 is 28.4 Å². The van der Waals surface area contributed by atoms with E-state index in [0.29, 0.717) is 16.9 Å². The van der Waals surface area contributed by atoms with E-state index in [2.05, 4.69) is 15.6 Å². The first-order valence-corrected chi connectivity index (χ1v) is 10.1. The molecule has 0 saturated heterocycles. The van der Waals surface area contributed by atoms with Gasteiger partial charge in [-0.2, -0.15) is 13.2 Å². The zero-order chi connectivity index (χ0) is 24.2. The molecule has 3 aromatic rings. The highest BCUT2D eigenvalue weighted by molar-refractivity contribution is 6.30. The second-order valence-corrected chi connectivity index (χ2v) is 7.55. The Labute approximate surface area is 191 Å². The Hall–Kier alpha value is -3.60. The molecule has 0 fully saturated rings. The first-order valence-electron chi connectivity index (χ1n) is 9.68. The predicted molar refractivity (Wildman–Crippen MR) is 116 cm³/mol. The summed E-state index contributed by atoms with van der Waals surface area (Å²) >= 11 is 5.95. The molecule has 8 nitrogen and oxygen atoms in total. The average molecular weight is 482 g/mol. The topological polar surface area (TPSA) is 102 Å². The summed E-state index contributed by atoms with van der Waals surface area (Å²) < 4.78 is 40.3. The van der Waals surface area contributed by atoms with E-state index in [1.807, 2.05) is 0 Å². The summed E-state index contributed by atoms with van der Waals surface area (Å²) in [7, 11) is 1.78. The first-order chi connectivity index (χ1) is 15.6. The SMILES string of the molecule is Cn1ccnc1C(NC(=O)CCNc1ccc(C(F)(F)F)cc1[N+](=O)[O-])c1ccc(Cl)cc1. The van der Waals surface area contributed by atoms with Crippen molar-refractivity contribution < 1.29 is 22.9 Å². The second kappa shape index (κ2) is 9.90. The molecule has 0 saturated carbocycles. The van der Waals surface area contributed by atoms with Gasteiger partial charge in [-0.1, -0.05) is 23.7 Å². The van der Waals surface area contributed by atoms with Crippen LogP contribution in [0.2, 0.25) is 5.02 Å². The van der Waals surface area contributed by atoms with Crippen LogP contribution in [0.3, 0.4) is 0 Å². The third kappa shape index (κ3) is 6.01. The molecule has 0 aliphatic heterocycles. The quantitative estimate of drug-likeness (QED) is 0.358. The third-order valence-corrected chi connectivity index (χ3v) is 5.07. The molecule has 174 valence electrons. The van der Waals surface area contributed by atoms with Crippen molar-refractivity contribution in [3.8, 4) is 0 Å². The van der Waals surface area contributed by atoms with Gasteiger partial charge in [0.2, 0.25) is 5.91 Å². The number of nitro benzene ring substituents is 1. The van der Waals surface area contributed by atoms with Crippen molar-refractivity contribution in [2.24, 2.45) is 7.05 Å². The van der Waals surface area contributed by atoms with Crippen LogP contribution in [0.4, 0.5) is 24.5 Å². The molecule has 2 N–H and O–H groups in total. The van der Waals surface area contributed by atoms with Gasteiger partial charge < -0.3 is 15.2 Å². The van der Waals surface area contributed by atoms with Crippen molar-refractivity contribution in [2.45, 2.75) is 18.6 Å². The molecule has 0 aliphatic carbocycles. The number of nitrogens with one attached hydrogen (secondary N) is 2. The van der Waals surface area contributed by atoms with Crippen molar-refractivity contribution in [3.05, 3.63) is 86.9 Å². The molecule has 1 unspecified atom stereocenters. The Morgan fingerprint density at radius 1 is 1.24 bits per heavy atom. The number of anilines is 1. The van der Waals surface area contributed by atoms with Crippen LogP contribution in [0.25, 0.3) is 0 Å². The Balaban J connectivity index is 1.69. The molecule has 0 spiro atoms.